The molecule has 28 heavy (non-hydrogen) atoms. The maximum atomic E-state index is 12.8. The first-order chi connectivity index (χ1) is 13.5. The van der Waals surface area contributed by atoms with Crippen molar-refractivity contribution in [2.75, 3.05) is 32.8 Å². The summed E-state index contributed by atoms with van der Waals surface area (Å²) in [5.41, 5.74) is 0.442. The third-order valence-electron chi connectivity index (χ3n) is 4.77. The maximum Gasteiger partial charge on any atom is 0.267 e. The van der Waals surface area contributed by atoms with Gasteiger partial charge in [0, 0.05) is 41.8 Å². The van der Waals surface area contributed by atoms with Crippen LogP contribution in [-0.4, -0.2) is 60.5 Å². The van der Waals surface area contributed by atoms with Gasteiger partial charge in [0.25, 0.3) is 11.8 Å². The van der Waals surface area contributed by atoms with E-state index in [2.05, 4.69) is 0 Å². The Kier molecular flexibility index (Phi) is 5.33. The molecule has 4 rings (SSSR count). The van der Waals surface area contributed by atoms with E-state index in [9.17, 15) is 9.59 Å². The largest absolute Gasteiger partial charge is 0.485 e. The molecule has 0 spiro atoms. The second-order valence-corrected chi connectivity index (χ2v) is 7.51. The lowest BCUT2D eigenvalue weighted by atomic mass is 10.1. The van der Waals surface area contributed by atoms with Crippen molar-refractivity contribution in [2.24, 2.45) is 0 Å². The van der Waals surface area contributed by atoms with Crippen LogP contribution in [0.4, 0.5) is 0 Å². The van der Waals surface area contributed by atoms with Crippen LogP contribution in [0.3, 0.4) is 0 Å². The number of piperazine rings is 1. The van der Waals surface area contributed by atoms with Gasteiger partial charge in [-0.15, -0.1) is 0 Å². The average molecular weight is 421 g/mol. The highest BCUT2D eigenvalue weighted by molar-refractivity contribution is 6.35. The summed E-state index contributed by atoms with van der Waals surface area (Å²) in [4.78, 5) is 28.9. The zero-order valence-corrected chi connectivity index (χ0v) is 16.4. The molecule has 0 aromatic heterocycles. The van der Waals surface area contributed by atoms with Gasteiger partial charge in [0.15, 0.2) is 11.5 Å². The van der Waals surface area contributed by atoms with Crippen molar-refractivity contribution in [3.63, 3.8) is 0 Å². The van der Waals surface area contributed by atoms with Gasteiger partial charge < -0.3 is 19.3 Å². The molecule has 0 saturated carbocycles. The molecular weight excluding hydrogens is 403 g/mol. The normalized spacial score (nSPS) is 18.7. The van der Waals surface area contributed by atoms with Crippen LogP contribution in [0.1, 0.15) is 10.4 Å². The fraction of sp³-hybridized carbons (Fsp3) is 0.300. The highest BCUT2D eigenvalue weighted by Crippen LogP contribution is 2.31. The molecule has 2 aliphatic rings. The zero-order chi connectivity index (χ0) is 19.7. The van der Waals surface area contributed by atoms with E-state index in [4.69, 9.17) is 32.7 Å². The molecule has 1 unspecified atom stereocenters. The molecule has 8 heteroatoms. The number of halogens is 2. The predicted molar refractivity (Wildman–Crippen MR) is 105 cm³/mol. The Bertz CT molecular complexity index is 893. The zero-order valence-electron chi connectivity index (χ0n) is 14.9. The van der Waals surface area contributed by atoms with E-state index in [-0.39, 0.29) is 18.4 Å². The van der Waals surface area contributed by atoms with E-state index in [1.807, 2.05) is 18.2 Å². The Morgan fingerprint density at radius 1 is 0.893 bits per heavy atom. The molecule has 2 amide bonds. The van der Waals surface area contributed by atoms with Gasteiger partial charge in [0.2, 0.25) is 6.10 Å². The lowest BCUT2D eigenvalue weighted by Gasteiger charge is -2.37. The molecule has 0 radical (unpaired) electrons. The molecule has 1 atom stereocenters. The third kappa shape index (κ3) is 3.88. The number of hydrogen-bond donors (Lipinski definition) is 0. The summed E-state index contributed by atoms with van der Waals surface area (Å²) < 4.78 is 11.4. The Balaban J connectivity index is 1.36. The van der Waals surface area contributed by atoms with E-state index in [0.29, 0.717) is 53.3 Å². The van der Waals surface area contributed by atoms with Crippen molar-refractivity contribution in [1.29, 1.82) is 0 Å². The summed E-state index contributed by atoms with van der Waals surface area (Å²) in [6, 6.07) is 12.1. The Hall–Kier alpha value is -2.44. The first-order valence-corrected chi connectivity index (χ1v) is 9.69. The molecular formula is C20H18Cl2N2O4. The Labute approximate surface area is 172 Å². The van der Waals surface area contributed by atoms with Crippen molar-refractivity contribution in [2.45, 2.75) is 6.10 Å². The van der Waals surface area contributed by atoms with Crippen LogP contribution in [0.25, 0.3) is 0 Å². The number of carbonyl (C=O) groups excluding carboxylic acids is 2. The van der Waals surface area contributed by atoms with Crippen LogP contribution in [0.2, 0.25) is 10.0 Å². The van der Waals surface area contributed by atoms with Crippen molar-refractivity contribution in [3.8, 4) is 11.5 Å². The fourth-order valence-corrected chi connectivity index (χ4v) is 3.86. The monoisotopic (exact) mass is 420 g/mol. The lowest BCUT2D eigenvalue weighted by Crippen LogP contribution is -2.55. The number of carbonyl (C=O) groups is 2. The van der Waals surface area contributed by atoms with Crippen LogP contribution in [0, 0.1) is 0 Å². The smallest absolute Gasteiger partial charge is 0.267 e. The van der Waals surface area contributed by atoms with Gasteiger partial charge in [-0.2, -0.15) is 0 Å². The number of rotatable bonds is 2. The van der Waals surface area contributed by atoms with Crippen LogP contribution >= 0.6 is 23.2 Å². The van der Waals surface area contributed by atoms with E-state index in [0.717, 1.165) is 0 Å². The van der Waals surface area contributed by atoms with Gasteiger partial charge in [-0.3, -0.25) is 9.59 Å². The number of fused-ring (bicyclic) bond motifs is 1. The van der Waals surface area contributed by atoms with Crippen LogP contribution in [-0.2, 0) is 4.79 Å². The van der Waals surface area contributed by atoms with Crippen LogP contribution < -0.4 is 9.47 Å². The lowest BCUT2D eigenvalue weighted by molar-refractivity contribution is -0.142. The van der Waals surface area contributed by atoms with E-state index >= 15 is 0 Å². The fourth-order valence-electron chi connectivity index (χ4n) is 3.33. The predicted octanol–water partition coefficient (Wildman–Crippen LogP) is 3.12. The summed E-state index contributed by atoms with van der Waals surface area (Å²) in [6.07, 6.45) is -0.677. The summed E-state index contributed by atoms with van der Waals surface area (Å²) in [5.74, 6) is 0.927. The number of hydrogen-bond acceptors (Lipinski definition) is 4. The van der Waals surface area contributed by atoms with E-state index in [1.165, 1.54) is 0 Å². The summed E-state index contributed by atoms with van der Waals surface area (Å²) in [5, 5.41) is 0.832. The van der Waals surface area contributed by atoms with Gasteiger partial charge in [-0.1, -0.05) is 35.3 Å². The standard InChI is InChI=1S/C20H18Cl2N2O4/c21-14-9-13(10-15(22)11-14)19(25)23-5-7-24(8-6-23)20(26)18-12-27-16-3-1-2-4-17(16)28-18/h1-4,9-11,18H,5-8,12H2. The highest BCUT2D eigenvalue weighted by atomic mass is 35.5. The molecule has 146 valence electrons. The van der Waals surface area contributed by atoms with Crippen molar-refractivity contribution >= 4 is 35.0 Å². The second kappa shape index (κ2) is 7.89. The number of amides is 2. The number of ether oxygens (including phenoxy) is 2. The van der Waals surface area contributed by atoms with Gasteiger partial charge in [-0.25, -0.2) is 0 Å². The number of benzene rings is 2. The van der Waals surface area contributed by atoms with Gasteiger partial charge in [0.1, 0.15) is 6.61 Å². The minimum Gasteiger partial charge on any atom is -0.485 e. The second-order valence-electron chi connectivity index (χ2n) is 6.64. The molecule has 2 aromatic carbocycles. The Morgan fingerprint density at radius 2 is 1.50 bits per heavy atom. The first-order valence-electron chi connectivity index (χ1n) is 8.94. The maximum absolute atomic E-state index is 12.8. The van der Waals surface area contributed by atoms with Crippen molar-refractivity contribution < 1.29 is 19.1 Å². The van der Waals surface area contributed by atoms with Crippen LogP contribution in [0.15, 0.2) is 42.5 Å². The van der Waals surface area contributed by atoms with Gasteiger partial charge >= 0.3 is 0 Å². The first kappa shape index (κ1) is 18.9. The van der Waals surface area contributed by atoms with Crippen LogP contribution in [0.5, 0.6) is 11.5 Å². The van der Waals surface area contributed by atoms with Gasteiger partial charge in [0.05, 0.1) is 0 Å². The highest BCUT2D eigenvalue weighted by Gasteiger charge is 2.33. The molecule has 0 N–H and O–H groups in total. The van der Waals surface area contributed by atoms with E-state index in [1.54, 1.807) is 34.1 Å². The minimum absolute atomic E-state index is 0.132. The van der Waals surface area contributed by atoms with E-state index < -0.39 is 6.10 Å². The minimum atomic E-state index is -0.677. The average Bonchev–Trinajstić information content (AvgIpc) is 2.72. The summed E-state index contributed by atoms with van der Waals surface area (Å²) in [6.45, 7) is 1.90. The summed E-state index contributed by atoms with van der Waals surface area (Å²) >= 11 is 12.0. The number of nitrogens with zero attached hydrogens (tertiary/aromatic N) is 2. The molecule has 1 saturated heterocycles. The molecule has 2 aliphatic heterocycles. The molecule has 0 aliphatic carbocycles. The SMILES string of the molecule is O=C(c1cc(Cl)cc(Cl)c1)N1CCN(C(=O)C2COc3ccccc3O2)CC1. The third-order valence-corrected chi connectivity index (χ3v) is 5.21. The quantitative estimate of drug-likeness (QED) is 0.748. The topological polar surface area (TPSA) is 59.1 Å². The molecule has 1 fully saturated rings. The van der Waals surface area contributed by atoms with Crippen molar-refractivity contribution in [1.82, 2.24) is 9.80 Å². The molecule has 6 nitrogen and oxygen atoms in total. The van der Waals surface area contributed by atoms with Gasteiger partial charge in [-0.05, 0) is 30.3 Å². The molecule has 2 heterocycles. The Morgan fingerprint density at radius 3 is 2.18 bits per heavy atom. The number of para-hydroxylation sites is 2. The molecule has 2 aromatic rings. The van der Waals surface area contributed by atoms with Crippen molar-refractivity contribution in [3.05, 3.63) is 58.1 Å². The molecule has 0 bridgehead atoms. The summed E-state index contributed by atoms with van der Waals surface area (Å²) in [7, 11) is 0.